The van der Waals surface area contributed by atoms with E-state index < -0.39 is 16.8 Å². The molecule has 0 aliphatic heterocycles. The fraction of sp³-hybridized carbons (Fsp3) is 0. The first-order chi connectivity index (χ1) is 17.6. The van der Waals surface area contributed by atoms with E-state index in [1.165, 1.54) is 18.7 Å². The van der Waals surface area contributed by atoms with Gasteiger partial charge in [0.05, 0.1) is 34.0 Å². The quantitative estimate of drug-likeness (QED) is 0.289. The molecule has 1 unspecified atom stereocenters. The van der Waals surface area contributed by atoms with Crippen LogP contribution in [0.15, 0.2) is 99.7 Å². The van der Waals surface area contributed by atoms with Gasteiger partial charge in [0.25, 0.3) is 0 Å². The summed E-state index contributed by atoms with van der Waals surface area (Å²) in [5.74, 6) is 0. The zero-order valence-electron chi connectivity index (χ0n) is 18.4. The highest BCUT2D eigenvalue weighted by Crippen LogP contribution is 2.36. The van der Waals surface area contributed by atoms with Crippen molar-refractivity contribution < 1.29 is 9.08 Å². The number of aromatic amines is 1. The van der Waals surface area contributed by atoms with Crippen molar-refractivity contribution in [3.05, 3.63) is 101 Å². The summed E-state index contributed by atoms with van der Waals surface area (Å²) in [6, 6.07) is 19.0. The van der Waals surface area contributed by atoms with Crippen molar-refractivity contribution >= 4 is 50.6 Å². The number of H-pyrrole nitrogens is 1. The van der Waals surface area contributed by atoms with E-state index in [-0.39, 0.29) is 4.90 Å². The molecule has 2 N–H and O–H groups in total. The van der Waals surface area contributed by atoms with Crippen molar-refractivity contribution in [3.8, 4) is 22.4 Å². The van der Waals surface area contributed by atoms with Gasteiger partial charge >= 0.3 is 0 Å². The number of aromatic nitrogens is 4. The Bertz CT molecular complexity index is 1770. The van der Waals surface area contributed by atoms with Gasteiger partial charge in [0.15, 0.2) is 6.26 Å². The molecular weight excluding hydrogens is 498 g/mol. The van der Waals surface area contributed by atoms with Crippen LogP contribution in [-0.2, 0) is 11.4 Å². The van der Waals surface area contributed by atoms with Gasteiger partial charge in [-0.05, 0) is 29.8 Å². The highest BCUT2D eigenvalue weighted by molar-refractivity contribution is 7.92. The van der Waals surface area contributed by atoms with Crippen molar-refractivity contribution in [2.75, 3.05) is 4.72 Å². The Morgan fingerprint density at radius 3 is 2.72 bits per heavy atom. The van der Waals surface area contributed by atoms with E-state index in [9.17, 15) is 9.35 Å². The van der Waals surface area contributed by atoms with Crippen LogP contribution in [0.5, 0.6) is 0 Å². The number of fused-ring (bicyclic) bond motifs is 2. The molecular formula is C26H16ClN5O3S. The van der Waals surface area contributed by atoms with Crippen molar-refractivity contribution in [2.45, 2.75) is 4.90 Å². The molecule has 0 radical (unpaired) electrons. The number of halogens is 1. The van der Waals surface area contributed by atoms with E-state index in [1.807, 2.05) is 54.6 Å². The first-order valence-electron chi connectivity index (χ1n) is 10.8. The van der Waals surface area contributed by atoms with Crippen LogP contribution in [0.25, 0.3) is 44.3 Å². The number of hydrogen-bond donors (Lipinski definition) is 2. The summed E-state index contributed by atoms with van der Waals surface area (Å²) in [5, 5.41) is 5.22. The molecule has 2 aromatic carbocycles. The van der Waals surface area contributed by atoms with Gasteiger partial charge in [0, 0.05) is 22.7 Å². The molecule has 0 aliphatic rings. The Balaban J connectivity index is 1.57. The summed E-state index contributed by atoms with van der Waals surface area (Å²) in [6.07, 6.45) is 5.77. The zero-order valence-corrected chi connectivity index (χ0v) is 20.0. The van der Waals surface area contributed by atoms with E-state index >= 15 is 0 Å². The topological polar surface area (TPSA) is 120 Å². The van der Waals surface area contributed by atoms with Crippen molar-refractivity contribution in [1.29, 1.82) is 0 Å². The van der Waals surface area contributed by atoms with Crippen LogP contribution < -0.4 is 10.2 Å². The molecule has 0 aliphatic carbocycles. The average molecular weight is 514 g/mol. The molecule has 8 nitrogen and oxygen atoms in total. The first kappa shape index (κ1) is 22.3. The van der Waals surface area contributed by atoms with Gasteiger partial charge in [-0.25, -0.2) is 4.98 Å². The zero-order chi connectivity index (χ0) is 24.6. The maximum Gasteiger partial charge on any atom is 0.248 e. The molecule has 36 heavy (non-hydrogen) atoms. The summed E-state index contributed by atoms with van der Waals surface area (Å²) in [7, 11) is 0. The first-order valence-corrected chi connectivity index (χ1v) is 12.4. The third-order valence-electron chi connectivity index (χ3n) is 5.69. The lowest BCUT2D eigenvalue weighted by atomic mass is 9.97. The van der Waals surface area contributed by atoms with Gasteiger partial charge < -0.3 is 14.1 Å². The van der Waals surface area contributed by atoms with E-state index in [0.29, 0.717) is 38.5 Å². The summed E-state index contributed by atoms with van der Waals surface area (Å²) in [5.41, 5.74) is 4.09. The fourth-order valence-corrected chi connectivity index (χ4v) is 5.17. The minimum Gasteiger partial charge on any atom is -0.588 e. The van der Waals surface area contributed by atoms with Crippen molar-refractivity contribution in [1.82, 2.24) is 20.1 Å². The Labute approximate surface area is 212 Å². The summed E-state index contributed by atoms with van der Waals surface area (Å²) >= 11 is 4.74. The molecule has 1 atom stereocenters. The summed E-state index contributed by atoms with van der Waals surface area (Å²) in [6.45, 7) is 0. The standard InChI is InChI=1S/C26H16ClN5O3S/c27-21-10-17(9-16-7-4-8-28-24(16)21)19-11-20-25(33)22(36(34)32-18-12-30-35-14-18)13-29-26(20)31-23(19)15-5-2-1-3-6-15/h1-14,32H,(H,29,31,33). The number of hydrogen-bond acceptors (Lipinski definition) is 7. The highest BCUT2D eigenvalue weighted by atomic mass is 35.5. The maximum atomic E-state index is 13.4. The molecule has 6 aromatic rings. The molecule has 0 spiro atoms. The fourth-order valence-electron chi connectivity index (χ4n) is 4.02. The lowest BCUT2D eigenvalue weighted by Crippen LogP contribution is -2.22. The van der Waals surface area contributed by atoms with Crippen LogP contribution in [0, 0.1) is 0 Å². The third-order valence-corrected chi connectivity index (χ3v) is 7.10. The van der Waals surface area contributed by atoms with Crippen LogP contribution in [-0.4, -0.2) is 24.7 Å². The molecule has 6 rings (SSSR count). The lowest BCUT2D eigenvalue weighted by Gasteiger charge is -2.14. The van der Waals surface area contributed by atoms with Gasteiger partial charge in [-0.2, -0.15) is 4.72 Å². The SMILES string of the molecule is O=c1c([S+]([O-])Nc2cnoc2)c[nH]c2nc(-c3ccccc3)c(-c3cc(Cl)c4ncccc4c3)cc12. The average Bonchev–Trinajstić information content (AvgIpc) is 3.42. The number of nitrogens with one attached hydrogen (secondary N) is 2. The second kappa shape index (κ2) is 9.12. The number of pyridine rings is 3. The number of anilines is 1. The second-order valence-electron chi connectivity index (χ2n) is 7.95. The normalized spacial score (nSPS) is 12.2. The molecule has 0 amide bonds. The molecule has 0 saturated carbocycles. The monoisotopic (exact) mass is 513 g/mol. The summed E-state index contributed by atoms with van der Waals surface area (Å²) in [4.78, 5) is 25.7. The van der Waals surface area contributed by atoms with E-state index in [0.717, 1.165) is 16.5 Å². The van der Waals surface area contributed by atoms with E-state index in [2.05, 4.69) is 19.8 Å². The van der Waals surface area contributed by atoms with E-state index in [4.69, 9.17) is 21.1 Å². The van der Waals surface area contributed by atoms with Crippen LogP contribution >= 0.6 is 11.6 Å². The van der Waals surface area contributed by atoms with Crippen LogP contribution in [0.3, 0.4) is 0 Å². The van der Waals surface area contributed by atoms with Crippen LogP contribution in [0.4, 0.5) is 5.69 Å². The molecule has 10 heteroatoms. The molecule has 0 saturated heterocycles. The van der Waals surface area contributed by atoms with E-state index in [1.54, 1.807) is 12.3 Å². The second-order valence-corrected chi connectivity index (χ2v) is 9.53. The molecule has 176 valence electrons. The minimum absolute atomic E-state index is 0.0460. The van der Waals surface area contributed by atoms with Gasteiger partial charge in [-0.1, -0.05) is 53.2 Å². The van der Waals surface area contributed by atoms with Gasteiger partial charge in [-0.3, -0.25) is 9.78 Å². The van der Waals surface area contributed by atoms with Crippen LogP contribution in [0.2, 0.25) is 5.02 Å². The number of benzene rings is 2. The molecule has 4 heterocycles. The molecule has 0 fully saturated rings. The minimum atomic E-state index is -1.85. The third kappa shape index (κ3) is 3.99. The number of rotatable bonds is 5. The Kier molecular flexibility index (Phi) is 5.65. The molecule has 0 bridgehead atoms. The Morgan fingerprint density at radius 2 is 1.92 bits per heavy atom. The van der Waals surface area contributed by atoms with Crippen LogP contribution in [0.1, 0.15) is 0 Å². The predicted molar refractivity (Wildman–Crippen MR) is 140 cm³/mol. The Hall–Kier alpha value is -4.18. The van der Waals surface area contributed by atoms with Crippen molar-refractivity contribution in [2.24, 2.45) is 0 Å². The number of nitrogens with zero attached hydrogens (tertiary/aromatic N) is 3. The van der Waals surface area contributed by atoms with Gasteiger partial charge in [0.2, 0.25) is 10.3 Å². The highest BCUT2D eigenvalue weighted by Gasteiger charge is 2.22. The van der Waals surface area contributed by atoms with Gasteiger partial charge in [0.1, 0.15) is 22.7 Å². The molecule has 4 aromatic heterocycles. The van der Waals surface area contributed by atoms with Gasteiger partial charge in [-0.15, -0.1) is 0 Å². The summed E-state index contributed by atoms with van der Waals surface area (Å²) < 4.78 is 20.3. The lowest BCUT2D eigenvalue weighted by molar-refractivity contribution is 0.420. The predicted octanol–water partition coefficient (Wildman–Crippen LogP) is 5.58. The smallest absolute Gasteiger partial charge is 0.248 e. The largest absolute Gasteiger partial charge is 0.588 e. The van der Waals surface area contributed by atoms with Crippen molar-refractivity contribution in [3.63, 3.8) is 0 Å². The Morgan fingerprint density at radius 1 is 1.06 bits per heavy atom. The maximum absolute atomic E-state index is 13.4.